The van der Waals surface area contributed by atoms with Gasteiger partial charge in [0.15, 0.2) is 11.5 Å². The summed E-state index contributed by atoms with van der Waals surface area (Å²) in [5.74, 6) is 0.0926. The van der Waals surface area contributed by atoms with Gasteiger partial charge < -0.3 is 18.9 Å². The van der Waals surface area contributed by atoms with E-state index in [-0.39, 0.29) is 5.75 Å². The number of methoxy groups -OCH3 is 1. The summed E-state index contributed by atoms with van der Waals surface area (Å²) in [6, 6.07) is 24.8. The molecule has 1 N–H and O–H groups in total. The van der Waals surface area contributed by atoms with Crippen molar-refractivity contribution in [3.63, 3.8) is 0 Å². The van der Waals surface area contributed by atoms with Crippen LogP contribution in [0.3, 0.4) is 0 Å². The number of carbonyl (C=O) groups is 2. The lowest BCUT2D eigenvalue weighted by atomic mass is 10.1. The average molecular weight is 579 g/mol. The Bertz CT molecular complexity index is 1440. The zero-order chi connectivity index (χ0) is 28.5. The number of nitrogens with zero attached hydrogens (tertiary/aromatic N) is 1. The molecule has 8 nitrogen and oxygen atoms in total. The van der Waals surface area contributed by atoms with Gasteiger partial charge in [-0.3, -0.25) is 4.79 Å². The number of halogens is 2. The maximum Gasteiger partial charge on any atom is 0.343 e. The van der Waals surface area contributed by atoms with Gasteiger partial charge in [0, 0.05) is 10.0 Å². The number of benzene rings is 4. The third-order valence-electron chi connectivity index (χ3n) is 5.39. The van der Waals surface area contributed by atoms with Crippen LogP contribution in [0.25, 0.3) is 0 Å². The lowest BCUT2D eigenvalue weighted by Crippen LogP contribution is -2.40. The van der Waals surface area contributed by atoms with Gasteiger partial charge in [0.1, 0.15) is 11.5 Å². The molecule has 0 fully saturated rings. The molecule has 0 saturated carbocycles. The van der Waals surface area contributed by atoms with E-state index in [4.69, 9.17) is 42.1 Å². The molecule has 0 aliphatic heterocycles. The summed E-state index contributed by atoms with van der Waals surface area (Å²) in [4.78, 5) is 25.4. The standard InChI is InChI=1S/C30H24Cl2N2O6/c1-19-3-6-21(7-4-19)29(36)40-26-16-5-20(17-27(26)37-2)18-33-34-28(35)30(38-24-12-8-22(31)9-13-24)39-25-14-10-23(32)11-15-25/h3-18,30H,1-2H3,(H,34,35)/b33-18-. The van der Waals surface area contributed by atoms with E-state index in [0.29, 0.717) is 38.4 Å². The Labute approximate surface area is 241 Å². The van der Waals surface area contributed by atoms with E-state index in [1.807, 2.05) is 19.1 Å². The Kier molecular flexibility index (Phi) is 9.62. The van der Waals surface area contributed by atoms with Gasteiger partial charge in [0.25, 0.3) is 0 Å². The van der Waals surface area contributed by atoms with Crippen LogP contribution in [0, 0.1) is 6.92 Å². The molecule has 0 heterocycles. The minimum absolute atomic E-state index is 0.238. The number of esters is 1. The molecule has 4 rings (SSSR count). The lowest BCUT2D eigenvalue weighted by Gasteiger charge is -2.19. The Hall–Kier alpha value is -4.53. The van der Waals surface area contributed by atoms with Gasteiger partial charge in [0.2, 0.25) is 0 Å². The molecule has 0 atom stereocenters. The molecule has 204 valence electrons. The maximum atomic E-state index is 12.9. The monoisotopic (exact) mass is 578 g/mol. The highest BCUT2D eigenvalue weighted by molar-refractivity contribution is 6.30. The first-order valence-electron chi connectivity index (χ1n) is 11.9. The Morgan fingerprint density at radius 1 is 0.800 bits per heavy atom. The summed E-state index contributed by atoms with van der Waals surface area (Å²) in [5.41, 5.74) is 4.42. The van der Waals surface area contributed by atoms with Gasteiger partial charge >= 0.3 is 18.2 Å². The molecule has 4 aromatic rings. The summed E-state index contributed by atoms with van der Waals surface area (Å²) >= 11 is 11.9. The van der Waals surface area contributed by atoms with Crippen LogP contribution in [-0.4, -0.2) is 31.5 Å². The second-order valence-corrected chi connectivity index (χ2v) is 9.25. The van der Waals surface area contributed by atoms with E-state index in [1.165, 1.54) is 13.3 Å². The molecule has 4 aromatic carbocycles. The second-order valence-electron chi connectivity index (χ2n) is 8.38. The maximum absolute atomic E-state index is 12.9. The number of hydrogen-bond donors (Lipinski definition) is 1. The third-order valence-corrected chi connectivity index (χ3v) is 5.90. The van der Waals surface area contributed by atoms with E-state index < -0.39 is 18.2 Å². The molecule has 0 saturated heterocycles. The molecule has 40 heavy (non-hydrogen) atoms. The normalized spacial score (nSPS) is 10.8. The molecular weight excluding hydrogens is 555 g/mol. The van der Waals surface area contributed by atoms with Gasteiger partial charge in [-0.05, 0) is 91.3 Å². The predicted octanol–water partition coefficient (Wildman–Crippen LogP) is 6.46. The van der Waals surface area contributed by atoms with E-state index in [0.717, 1.165) is 5.56 Å². The molecule has 0 aliphatic carbocycles. The van der Waals surface area contributed by atoms with Crippen LogP contribution in [0.2, 0.25) is 10.0 Å². The largest absolute Gasteiger partial charge is 0.493 e. The van der Waals surface area contributed by atoms with E-state index in [2.05, 4.69) is 10.5 Å². The number of hydrazone groups is 1. The highest BCUT2D eigenvalue weighted by Gasteiger charge is 2.23. The van der Waals surface area contributed by atoms with Crippen molar-refractivity contribution >= 4 is 41.3 Å². The number of carbonyl (C=O) groups excluding carboxylic acids is 2. The number of ether oxygens (including phenoxy) is 4. The first-order valence-corrected chi connectivity index (χ1v) is 12.7. The highest BCUT2D eigenvalue weighted by atomic mass is 35.5. The topological polar surface area (TPSA) is 95.5 Å². The van der Waals surface area contributed by atoms with E-state index in [1.54, 1.807) is 78.9 Å². The second kappa shape index (κ2) is 13.5. The molecule has 0 spiro atoms. The number of nitrogens with one attached hydrogen (secondary N) is 1. The van der Waals surface area contributed by atoms with Crippen molar-refractivity contribution in [2.24, 2.45) is 5.10 Å². The predicted molar refractivity (Wildman–Crippen MR) is 153 cm³/mol. The molecule has 10 heteroatoms. The third kappa shape index (κ3) is 7.99. The van der Waals surface area contributed by atoms with Gasteiger partial charge in [-0.25, -0.2) is 10.2 Å². The number of amides is 1. The molecule has 1 amide bonds. The molecule has 0 bridgehead atoms. The minimum Gasteiger partial charge on any atom is -0.493 e. The van der Waals surface area contributed by atoms with Crippen LogP contribution in [0.4, 0.5) is 0 Å². The summed E-state index contributed by atoms with van der Waals surface area (Å²) in [5, 5.41) is 5.04. The summed E-state index contributed by atoms with van der Waals surface area (Å²) < 4.78 is 22.3. The van der Waals surface area contributed by atoms with E-state index in [9.17, 15) is 9.59 Å². The first-order chi connectivity index (χ1) is 19.3. The zero-order valence-electron chi connectivity index (χ0n) is 21.5. The lowest BCUT2D eigenvalue weighted by molar-refractivity contribution is -0.140. The Morgan fingerprint density at radius 3 is 1.93 bits per heavy atom. The molecule has 0 aromatic heterocycles. The highest BCUT2D eigenvalue weighted by Crippen LogP contribution is 2.28. The van der Waals surface area contributed by atoms with Crippen molar-refractivity contribution in [3.8, 4) is 23.0 Å². The zero-order valence-corrected chi connectivity index (χ0v) is 23.0. The summed E-state index contributed by atoms with van der Waals surface area (Å²) in [7, 11) is 1.45. The van der Waals surface area contributed by atoms with Crippen molar-refractivity contribution in [1.82, 2.24) is 5.43 Å². The fraction of sp³-hybridized carbons (Fsp3) is 0.100. The summed E-state index contributed by atoms with van der Waals surface area (Å²) in [6.07, 6.45) is 0.0192. The fourth-order valence-electron chi connectivity index (χ4n) is 3.32. The van der Waals surface area contributed by atoms with Crippen LogP contribution >= 0.6 is 23.2 Å². The first kappa shape index (κ1) is 28.5. The molecular formula is C30H24Cl2N2O6. The van der Waals surface area contributed by atoms with Gasteiger partial charge in [-0.2, -0.15) is 5.10 Å². The number of aryl methyl sites for hydroxylation is 1. The van der Waals surface area contributed by atoms with Crippen molar-refractivity contribution < 1.29 is 28.5 Å². The van der Waals surface area contributed by atoms with E-state index >= 15 is 0 Å². The van der Waals surface area contributed by atoms with Crippen LogP contribution in [0.1, 0.15) is 21.5 Å². The number of rotatable bonds is 10. The van der Waals surface area contributed by atoms with Gasteiger partial charge in [-0.1, -0.05) is 40.9 Å². The SMILES string of the molecule is COc1cc(/C=N\NC(=O)C(Oc2ccc(Cl)cc2)Oc2ccc(Cl)cc2)ccc1OC(=O)c1ccc(C)cc1. The Morgan fingerprint density at radius 2 is 1.38 bits per heavy atom. The Balaban J connectivity index is 1.43. The van der Waals surface area contributed by atoms with Gasteiger partial charge in [0.05, 0.1) is 18.9 Å². The molecule has 0 aliphatic rings. The van der Waals surface area contributed by atoms with Crippen molar-refractivity contribution in [2.45, 2.75) is 13.2 Å². The summed E-state index contributed by atoms with van der Waals surface area (Å²) in [6.45, 7) is 1.93. The molecule has 0 unspecified atom stereocenters. The number of hydrogen-bond acceptors (Lipinski definition) is 7. The smallest absolute Gasteiger partial charge is 0.343 e. The van der Waals surface area contributed by atoms with Crippen LogP contribution < -0.4 is 24.4 Å². The quantitative estimate of drug-likeness (QED) is 0.0762. The van der Waals surface area contributed by atoms with Crippen molar-refractivity contribution in [1.29, 1.82) is 0 Å². The average Bonchev–Trinajstić information content (AvgIpc) is 2.96. The fourth-order valence-corrected chi connectivity index (χ4v) is 3.58. The van der Waals surface area contributed by atoms with Crippen LogP contribution in [-0.2, 0) is 4.79 Å². The van der Waals surface area contributed by atoms with Crippen molar-refractivity contribution in [3.05, 3.63) is 118 Å². The van der Waals surface area contributed by atoms with Crippen LogP contribution in [0.5, 0.6) is 23.0 Å². The minimum atomic E-state index is -1.38. The van der Waals surface area contributed by atoms with Crippen molar-refractivity contribution in [2.75, 3.05) is 7.11 Å². The van der Waals surface area contributed by atoms with Gasteiger partial charge in [-0.15, -0.1) is 0 Å². The molecule has 0 radical (unpaired) electrons. The van der Waals surface area contributed by atoms with Crippen LogP contribution in [0.15, 0.2) is 96.1 Å².